The standard InChI is InChI=1S/C22H17ClN6O3S/c23-18-9-8-17(11-19(18)29(31)32)25-20(30)14-33-22-27-26-21(16-7-4-10-24-12-16)28(22)13-15-5-2-1-3-6-15/h1-12H,13-14H2,(H,25,30). The fraction of sp³-hybridized carbons (Fsp3) is 0.0909. The number of aromatic nitrogens is 4. The first-order valence-corrected chi connectivity index (χ1v) is 11.1. The second-order valence-electron chi connectivity index (χ2n) is 6.88. The van der Waals surface area contributed by atoms with Crippen molar-refractivity contribution in [3.8, 4) is 11.4 Å². The van der Waals surface area contributed by atoms with Crippen LogP contribution in [0.3, 0.4) is 0 Å². The van der Waals surface area contributed by atoms with Crippen LogP contribution in [0.25, 0.3) is 11.4 Å². The zero-order chi connectivity index (χ0) is 23.2. The van der Waals surface area contributed by atoms with E-state index in [0.29, 0.717) is 23.2 Å². The molecule has 0 fully saturated rings. The third kappa shape index (κ3) is 5.54. The zero-order valence-corrected chi connectivity index (χ0v) is 18.7. The predicted octanol–water partition coefficient (Wildman–Crippen LogP) is 4.68. The van der Waals surface area contributed by atoms with Crippen LogP contribution in [0.4, 0.5) is 11.4 Å². The van der Waals surface area contributed by atoms with E-state index in [1.165, 1.54) is 30.0 Å². The number of halogens is 1. The van der Waals surface area contributed by atoms with Crippen LogP contribution >= 0.6 is 23.4 Å². The maximum Gasteiger partial charge on any atom is 0.289 e. The lowest BCUT2D eigenvalue weighted by Crippen LogP contribution is -2.15. The van der Waals surface area contributed by atoms with Gasteiger partial charge in [-0.3, -0.25) is 24.5 Å². The second-order valence-corrected chi connectivity index (χ2v) is 8.23. The second kappa shape index (κ2) is 10.2. The number of nitro benzene ring substituents is 1. The summed E-state index contributed by atoms with van der Waals surface area (Å²) >= 11 is 7.04. The molecule has 2 aromatic carbocycles. The van der Waals surface area contributed by atoms with Gasteiger partial charge < -0.3 is 5.32 Å². The number of rotatable bonds is 8. The van der Waals surface area contributed by atoms with Gasteiger partial charge in [0.15, 0.2) is 11.0 Å². The van der Waals surface area contributed by atoms with Gasteiger partial charge in [0.1, 0.15) is 5.02 Å². The predicted molar refractivity (Wildman–Crippen MR) is 126 cm³/mol. The number of amides is 1. The van der Waals surface area contributed by atoms with Gasteiger partial charge in [0.05, 0.1) is 17.2 Å². The summed E-state index contributed by atoms with van der Waals surface area (Å²) in [5.41, 5.74) is 1.89. The number of carbonyl (C=O) groups is 1. The van der Waals surface area contributed by atoms with E-state index in [4.69, 9.17) is 11.6 Å². The SMILES string of the molecule is O=C(CSc1nnc(-c2cccnc2)n1Cc1ccccc1)Nc1ccc(Cl)c([N+](=O)[O-])c1. The molecular formula is C22H17ClN6O3S. The van der Waals surface area contributed by atoms with Crippen LogP contribution < -0.4 is 5.32 Å². The van der Waals surface area contributed by atoms with Crippen molar-refractivity contribution in [3.05, 3.63) is 93.8 Å². The van der Waals surface area contributed by atoms with Crippen LogP contribution in [-0.4, -0.2) is 36.3 Å². The van der Waals surface area contributed by atoms with E-state index in [0.717, 1.165) is 11.1 Å². The summed E-state index contributed by atoms with van der Waals surface area (Å²) in [5.74, 6) is 0.341. The van der Waals surface area contributed by atoms with Gasteiger partial charge >= 0.3 is 0 Å². The Morgan fingerprint density at radius 3 is 2.67 bits per heavy atom. The average molecular weight is 481 g/mol. The van der Waals surface area contributed by atoms with Gasteiger partial charge in [-0.15, -0.1) is 10.2 Å². The molecule has 0 aliphatic rings. The molecule has 1 N–H and O–H groups in total. The Morgan fingerprint density at radius 1 is 1.12 bits per heavy atom. The van der Waals surface area contributed by atoms with Gasteiger partial charge in [0.25, 0.3) is 5.69 Å². The van der Waals surface area contributed by atoms with Gasteiger partial charge in [-0.25, -0.2) is 0 Å². The zero-order valence-electron chi connectivity index (χ0n) is 17.1. The number of benzene rings is 2. The lowest BCUT2D eigenvalue weighted by atomic mass is 10.2. The van der Waals surface area contributed by atoms with Crippen LogP contribution in [0.2, 0.25) is 5.02 Å². The van der Waals surface area contributed by atoms with Crippen molar-refractivity contribution in [1.82, 2.24) is 19.7 Å². The normalized spacial score (nSPS) is 10.7. The lowest BCUT2D eigenvalue weighted by Gasteiger charge is -2.10. The van der Waals surface area contributed by atoms with E-state index in [1.54, 1.807) is 12.4 Å². The Morgan fingerprint density at radius 2 is 1.94 bits per heavy atom. The third-order valence-corrected chi connectivity index (χ3v) is 5.87. The highest BCUT2D eigenvalue weighted by atomic mass is 35.5. The molecule has 0 saturated heterocycles. The minimum Gasteiger partial charge on any atom is -0.325 e. The molecule has 0 spiro atoms. The largest absolute Gasteiger partial charge is 0.325 e. The summed E-state index contributed by atoms with van der Waals surface area (Å²) in [6.07, 6.45) is 3.39. The Labute approximate surface area is 198 Å². The molecule has 11 heteroatoms. The number of nitrogens with one attached hydrogen (secondary N) is 1. The summed E-state index contributed by atoms with van der Waals surface area (Å²) in [5, 5.41) is 22.9. The summed E-state index contributed by atoms with van der Waals surface area (Å²) in [6.45, 7) is 0.519. The molecule has 1 amide bonds. The van der Waals surface area contributed by atoms with Crippen molar-refractivity contribution in [2.45, 2.75) is 11.7 Å². The average Bonchev–Trinajstić information content (AvgIpc) is 3.22. The van der Waals surface area contributed by atoms with Crippen LogP contribution in [0, 0.1) is 10.1 Å². The van der Waals surface area contributed by atoms with Crippen molar-refractivity contribution in [2.24, 2.45) is 0 Å². The number of pyridine rings is 1. The number of thioether (sulfide) groups is 1. The van der Waals surface area contributed by atoms with Gasteiger partial charge in [-0.1, -0.05) is 53.7 Å². The Kier molecular flexibility index (Phi) is 6.96. The molecule has 0 bridgehead atoms. The number of anilines is 1. The topological polar surface area (TPSA) is 116 Å². The van der Waals surface area contributed by atoms with Gasteiger partial charge in [0, 0.05) is 29.7 Å². The van der Waals surface area contributed by atoms with E-state index in [9.17, 15) is 14.9 Å². The fourth-order valence-corrected chi connectivity index (χ4v) is 3.99. The van der Waals surface area contributed by atoms with Crippen LogP contribution in [0.5, 0.6) is 0 Å². The first-order chi connectivity index (χ1) is 16.0. The molecule has 33 heavy (non-hydrogen) atoms. The third-order valence-electron chi connectivity index (χ3n) is 4.58. The first kappa shape index (κ1) is 22.4. The van der Waals surface area contributed by atoms with Crippen LogP contribution in [0.15, 0.2) is 78.2 Å². The number of nitrogens with zero attached hydrogens (tertiary/aromatic N) is 5. The molecule has 2 heterocycles. The fourth-order valence-electron chi connectivity index (χ4n) is 3.07. The quantitative estimate of drug-likeness (QED) is 0.221. The lowest BCUT2D eigenvalue weighted by molar-refractivity contribution is -0.384. The summed E-state index contributed by atoms with van der Waals surface area (Å²) in [4.78, 5) is 27.1. The molecule has 0 atom stereocenters. The molecule has 0 aliphatic heterocycles. The molecule has 0 unspecified atom stereocenters. The highest BCUT2D eigenvalue weighted by Crippen LogP contribution is 2.28. The monoisotopic (exact) mass is 480 g/mol. The van der Waals surface area contributed by atoms with E-state index in [1.807, 2.05) is 47.0 Å². The maximum atomic E-state index is 12.5. The Bertz CT molecular complexity index is 1280. The Hall–Kier alpha value is -3.76. The van der Waals surface area contributed by atoms with E-state index in [2.05, 4.69) is 20.5 Å². The number of nitro groups is 1. The molecule has 0 saturated carbocycles. The highest BCUT2D eigenvalue weighted by Gasteiger charge is 2.18. The van der Waals surface area contributed by atoms with E-state index >= 15 is 0 Å². The summed E-state index contributed by atoms with van der Waals surface area (Å²) < 4.78 is 1.93. The molecular weight excluding hydrogens is 464 g/mol. The van der Waals surface area contributed by atoms with E-state index in [-0.39, 0.29) is 22.4 Å². The smallest absolute Gasteiger partial charge is 0.289 e. The summed E-state index contributed by atoms with van der Waals surface area (Å²) in [7, 11) is 0. The highest BCUT2D eigenvalue weighted by molar-refractivity contribution is 7.99. The van der Waals surface area contributed by atoms with Crippen molar-refractivity contribution >= 4 is 40.6 Å². The minimum absolute atomic E-state index is 0.00400. The van der Waals surface area contributed by atoms with Gasteiger partial charge in [-0.2, -0.15) is 0 Å². The number of carbonyl (C=O) groups excluding carboxylic acids is 1. The molecule has 4 rings (SSSR count). The number of hydrogen-bond acceptors (Lipinski definition) is 7. The molecule has 0 radical (unpaired) electrons. The van der Waals surface area contributed by atoms with Gasteiger partial charge in [-0.05, 0) is 29.8 Å². The van der Waals surface area contributed by atoms with Crippen molar-refractivity contribution in [2.75, 3.05) is 11.1 Å². The van der Waals surface area contributed by atoms with Crippen LogP contribution in [0.1, 0.15) is 5.56 Å². The summed E-state index contributed by atoms with van der Waals surface area (Å²) in [6, 6.07) is 17.7. The molecule has 4 aromatic rings. The molecule has 2 aromatic heterocycles. The van der Waals surface area contributed by atoms with Gasteiger partial charge in [0.2, 0.25) is 5.91 Å². The number of hydrogen-bond donors (Lipinski definition) is 1. The minimum atomic E-state index is -0.598. The molecule has 0 aliphatic carbocycles. The van der Waals surface area contributed by atoms with E-state index < -0.39 is 4.92 Å². The first-order valence-electron chi connectivity index (χ1n) is 9.75. The van der Waals surface area contributed by atoms with Crippen molar-refractivity contribution < 1.29 is 9.72 Å². The molecule has 166 valence electrons. The van der Waals surface area contributed by atoms with Crippen molar-refractivity contribution in [1.29, 1.82) is 0 Å². The Balaban J connectivity index is 1.52. The van der Waals surface area contributed by atoms with Crippen LogP contribution in [-0.2, 0) is 11.3 Å². The van der Waals surface area contributed by atoms with Crippen molar-refractivity contribution in [3.63, 3.8) is 0 Å². The molecule has 9 nitrogen and oxygen atoms in total. The maximum absolute atomic E-state index is 12.5.